The summed E-state index contributed by atoms with van der Waals surface area (Å²) >= 11 is 0. The van der Waals surface area contributed by atoms with Crippen LogP contribution in [-0.4, -0.2) is 0 Å². The highest BCUT2D eigenvalue weighted by Gasteiger charge is 2.43. The van der Waals surface area contributed by atoms with Crippen LogP contribution in [0.3, 0.4) is 0 Å². The molecule has 0 aliphatic carbocycles. The molecule has 1 aliphatic rings. The molecule has 0 saturated carbocycles. The van der Waals surface area contributed by atoms with E-state index in [-0.39, 0.29) is 5.54 Å². The molecule has 1 aromatic heterocycles. The topological polar surface area (TPSA) is 3.88 Å². The van der Waals surface area contributed by atoms with E-state index < -0.39 is 0 Å². The molecular formula is C44H42N+. The highest BCUT2D eigenvalue weighted by molar-refractivity contribution is 5.78. The average molecular weight is 585 g/mol. The summed E-state index contributed by atoms with van der Waals surface area (Å²) in [5.41, 5.74) is 15.6. The minimum Gasteiger partial charge on any atom is -0.193 e. The number of hydrogen-bond acceptors (Lipinski definition) is 0. The van der Waals surface area contributed by atoms with E-state index in [0.29, 0.717) is 5.92 Å². The Morgan fingerprint density at radius 2 is 1.00 bits per heavy atom. The van der Waals surface area contributed by atoms with E-state index in [0.717, 1.165) is 19.3 Å². The predicted molar refractivity (Wildman–Crippen MR) is 190 cm³/mol. The molecule has 0 radical (unpaired) electrons. The number of fused-ring (bicyclic) bond motifs is 3. The van der Waals surface area contributed by atoms with E-state index in [1.165, 1.54) is 66.9 Å². The fraction of sp³-hybridized carbons (Fsp3) is 0.205. The Kier molecular flexibility index (Phi) is 7.71. The van der Waals surface area contributed by atoms with Gasteiger partial charge in [0, 0.05) is 31.4 Å². The molecule has 1 heteroatoms. The van der Waals surface area contributed by atoms with E-state index in [1.807, 2.05) is 0 Å². The minimum atomic E-state index is 0.105. The van der Waals surface area contributed by atoms with E-state index in [2.05, 4.69) is 172 Å². The molecule has 1 aliphatic heterocycles. The molecule has 222 valence electrons. The van der Waals surface area contributed by atoms with Crippen molar-refractivity contribution in [3.05, 3.63) is 151 Å². The van der Waals surface area contributed by atoms with Gasteiger partial charge in [-0.15, -0.1) is 0 Å². The van der Waals surface area contributed by atoms with Gasteiger partial charge in [0.25, 0.3) is 0 Å². The second-order valence-corrected chi connectivity index (χ2v) is 12.9. The third kappa shape index (κ3) is 5.42. The van der Waals surface area contributed by atoms with E-state index in [1.54, 1.807) is 0 Å². The summed E-state index contributed by atoms with van der Waals surface area (Å²) in [4.78, 5) is 0. The SMILES string of the molecule is CCC1(CC)Cc2ccc(-c3ccc(-c4ccc(-c5ccc(C(C)C)cc5)cc4)cc3)cc2-c2cc(-c3ccccc3)cc[n+]21. The van der Waals surface area contributed by atoms with Gasteiger partial charge >= 0.3 is 0 Å². The molecule has 6 aromatic rings. The quantitative estimate of drug-likeness (QED) is 0.164. The summed E-state index contributed by atoms with van der Waals surface area (Å²) in [5, 5.41) is 0. The van der Waals surface area contributed by atoms with Gasteiger partial charge in [0.05, 0.1) is 5.56 Å². The lowest BCUT2D eigenvalue weighted by Crippen LogP contribution is -2.60. The highest BCUT2D eigenvalue weighted by atomic mass is 15.1. The van der Waals surface area contributed by atoms with Gasteiger partial charge in [-0.1, -0.05) is 143 Å². The van der Waals surface area contributed by atoms with Crippen molar-refractivity contribution in [2.45, 2.75) is 58.4 Å². The van der Waals surface area contributed by atoms with Crippen LogP contribution in [-0.2, 0) is 12.0 Å². The molecule has 0 atom stereocenters. The highest BCUT2D eigenvalue weighted by Crippen LogP contribution is 2.39. The maximum absolute atomic E-state index is 2.57. The zero-order valence-corrected chi connectivity index (χ0v) is 26.9. The maximum Gasteiger partial charge on any atom is 0.213 e. The van der Waals surface area contributed by atoms with Crippen LogP contribution in [0.1, 0.15) is 57.6 Å². The normalized spacial score (nSPS) is 13.4. The molecule has 45 heavy (non-hydrogen) atoms. The number of aromatic nitrogens is 1. The Morgan fingerprint density at radius 3 is 1.53 bits per heavy atom. The summed E-state index contributed by atoms with van der Waals surface area (Å²) in [5.74, 6) is 0.550. The number of nitrogens with zero attached hydrogens (tertiary/aromatic N) is 1. The Hall–Kier alpha value is -4.75. The van der Waals surface area contributed by atoms with Crippen LogP contribution < -0.4 is 4.57 Å². The first kappa shape index (κ1) is 29.0. The van der Waals surface area contributed by atoms with Crippen molar-refractivity contribution in [3.63, 3.8) is 0 Å². The van der Waals surface area contributed by atoms with Crippen molar-refractivity contribution in [1.29, 1.82) is 0 Å². The van der Waals surface area contributed by atoms with Crippen molar-refractivity contribution in [2.75, 3.05) is 0 Å². The van der Waals surface area contributed by atoms with Crippen molar-refractivity contribution >= 4 is 0 Å². The van der Waals surface area contributed by atoms with Gasteiger partial charge in [-0.05, 0) is 67.6 Å². The molecule has 2 heterocycles. The fourth-order valence-corrected chi connectivity index (χ4v) is 7.13. The van der Waals surface area contributed by atoms with Crippen LogP contribution in [0.2, 0.25) is 0 Å². The second-order valence-electron chi connectivity index (χ2n) is 12.9. The molecule has 0 spiro atoms. The van der Waals surface area contributed by atoms with Crippen LogP contribution in [0, 0.1) is 0 Å². The first-order chi connectivity index (χ1) is 22.0. The van der Waals surface area contributed by atoms with Gasteiger partial charge in [0.2, 0.25) is 5.69 Å². The van der Waals surface area contributed by atoms with Gasteiger partial charge in [0.1, 0.15) is 0 Å². The Bertz CT molecular complexity index is 1930. The number of pyridine rings is 1. The number of hydrogen-bond donors (Lipinski definition) is 0. The van der Waals surface area contributed by atoms with Crippen LogP contribution in [0.5, 0.6) is 0 Å². The van der Waals surface area contributed by atoms with Crippen molar-refractivity contribution in [2.24, 2.45) is 0 Å². The van der Waals surface area contributed by atoms with Crippen LogP contribution in [0.4, 0.5) is 0 Å². The smallest absolute Gasteiger partial charge is 0.193 e. The third-order valence-electron chi connectivity index (χ3n) is 10.1. The second kappa shape index (κ2) is 12.0. The van der Waals surface area contributed by atoms with Gasteiger partial charge < -0.3 is 0 Å². The van der Waals surface area contributed by atoms with E-state index in [4.69, 9.17) is 0 Å². The Balaban J connectivity index is 1.19. The van der Waals surface area contributed by atoms with Gasteiger partial charge in [0.15, 0.2) is 11.7 Å². The van der Waals surface area contributed by atoms with E-state index >= 15 is 0 Å². The molecule has 0 N–H and O–H groups in total. The third-order valence-corrected chi connectivity index (χ3v) is 10.1. The zero-order chi connectivity index (χ0) is 31.0. The number of rotatable bonds is 7. The van der Waals surface area contributed by atoms with Crippen molar-refractivity contribution in [3.8, 4) is 55.8 Å². The van der Waals surface area contributed by atoms with Gasteiger partial charge in [-0.3, -0.25) is 0 Å². The minimum absolute atomic E-state index is 0.105. The summed E-state index contributed by atoms with van der Waals surface area (Å²) < 4.78 is 2.57. The largest absolute Gasteiger partial charge is 0.213 e. The van der Waals surface area contributed by atoms with Gasteiger partial charge in [-0.25, -0.2) is 0 Å². The van der Waals surface area contributed by atoms with E-state index in [9.17, 15) is 0 Å². The molecule has 0 saturated heterocycles. The summed E-state index contributed by atoms with van der Waals surface area (Å²) in [7, 11) is 0. The molecule has 0 amide bonds. The van der Waals surface area contributed by atoms with Crippen molar-refractivity contribution in [1.82, 2.24) is 0 Å². The molecule has 5 aromatic carbocycles. The molecule has 1 nitrogen and oxygen atoms in total. The monoisotopic (exact) mass is 584 g/mol. The molecule has 7 rings (SSSR count). The lowest BCUT2D eigenvalue weighted by Gasteiger charge is -2.33. The first-order valence-electron chi connectivity index (χ1n) is 16.5. The molecule has 0 fully saturated rings. The van der Waals surface area contributed by atoms with Crippen LogP contribution in [0.25, 0.3) is 55.8 Å². The Labute approximate surface area is 268 Å². The standard InChI is InChI=1S/C44H42N/c1-5-44(6-2)30-41-25-24-39(28-42(41)43-29-40(26-27-45(43)44)33-10-8-7-9-11-33)38-22-20-37(21-23-38)36-18-16-35(17-19-36)34-14-12-32(13-15-34)31(3)4/h7-29,31H,5-6,30H2,1-4H3/q+1. The lowest BCUT2D eigenvalue weighted by atomic mass is 9.78. The molecule has 0 unspecified atom stereocenters. The lowest BCUT2D eigenvalue weighted by molar-refractivity contribution is -0.758. The predicted octanol–water partition coefficient (Wildman–Crippen LogP) is 11.5. The van der Waals surface area contributed by atoms with Gasteiger partial charge in [-0.2, -0.15) is 4.57 Å². The summed E-state index contributed by atoms with van der Waals surface area (Å²) in [6.45, 7) is 9.15. The average Bonchev–Trinajstić information content (AvgIpc) is 3.11. The van der Waals surface area contributed by atoms with Crippen LogP contribution in [0.15, 0.2) is 140 Å². The molecular weight excluding hydrogens is 542 g/mol. The fourth-order valence-electron chi connectivity index (χ4n) is 7.13. The van der Waals surface area contributed by atoms with Crippen LogP contribution >= 0.6 is 0 Å². The summed E-state index contributed by atoms with van der Waals surface area (Å²) in [6, 6.07) is 49.6. The first-order valence-corrected chi connectivity index (χ1v) is 16.5. The maximum atomic E-state index is 2.57. The Morgan fingerprint density at radius 1 is 0.533 bits per heavy atom. The molecule has 0 bridgehead atoms. The summed E-state index contributed by atoms with van der Waals surface area (Å²) in [6.07, 6.45) is 5.62. The number of benzene rings is 5. The van der Waals surface area contributed by atoms with Crippen molar-refractivity contribution < 1.29 is 4.57 Å². The zero-order valence-electron chi connectivity index (χ0n) is 26.9.